The fourth-order valence-corrected chi connectivity index (χ4v) is 2.65. The Hall–Kier alpha value is -3.17. The predicted octanol–water partition coefficient (Wildman–Crippen LogP) is 3.41. The van der Waals surface area contributed by atoms with Gasteiger partial charge in [0, 0.05) is 5.56 Å². The van der Waals surface area contributed by atoms with Crippen LogP contribution in [0.1, 0.15) is 25.3 Å². The number of carboxylic acid groups (broad SMARTS) is 1. The van der Waals surface area contributed by atoms with Gasteiger partial charge in [0.1, 0.15) is 17.4 Å². The van der Waals surface area contributed by atoms with Gasteiger partial charge in [0.25, 0.3) is 5.70 Å². The zero-order chi connectivity index (χ0) is 18.7. The van der Waals surface area contributed by atoms with Crippen molar-refractivity contribution >= 4 is 6.16 Å². The molecule has 0 fully saturated rings. The molecule has 134 valence electrons. The minimum Gasteiger partial charge on any atom is -0.449 e. The van der Waals surface area contributed by atoms with Gasteiger partial charge < -0.3 is 19.9 Å². The summed E-state index contributed by atoms with van der Waals surface area (Å²) in [5.74, 6) is -1.92. The molecule has 1 aromatic carbocycles. The molecular weight excluding hydrogens is 342 g/mol. The van der Waals surface area contributed by atoms with Gasteiger partial charge in [-0.1, -0.05) is 18.2 Å². The maximum Gasteiger partial charge on any atom is 0.511 e. The van der Waals surface area contributed by atoms with Crippen LogP contribution in [-0.2, 0) is 4.74 Å². The average Bonchev–Trinajstić information content (AvgIpc) is 2.49. The van der Waals surface area contributed by atoms with Crippen molar-refractivity contribution in [1.29, 1.82) is 0 Å². The van der Waals surface area contributed by atoms with E-state index < -0.39 is 29.3 Å². The molecule has 0 aromatic heterocycles. The highest BCUT2D eigenvalue weighted by Gasteiger charge is 2.41. The Kier molecular flexibility index (Phi) is 5.20. The van der Waals surface area contributed by atoms with Crippen LogP contribution in [0.3, 0.4) is 0 Å². The molecular formula is C15H14F2N2O6. The Balaban J connectivity index is 2.68. The minimum atomic E-state index is -3.15. The van der Waals surface area contributed by atoms with Crippen molar-refractivity contribution in [1.82, 2.24) is 5.32 Å². The van der Waals surface area contributed by atoms with E-state index in [0.29, 0.717) is 0 Å². The van der Waals surface area contributed by atoms with Crippen molar-refractivity contribution in [2.75, 3.05) is 0 Å². The first-order valence-corrected chi connectivity index (χ1v) is 6.99. The van der Waals surface area contributed by atoms with E-state index in [1.807, 2.05) is 0 Å². The van der Waals surface area contributed by atoms with E-state index in [4.69, 9.17) is 9.84 Å². The summed E-state index contributed by atoms with van der Waals surface area (Å²) < 4.78 is 34.5. The van der Waals surface area contributed by atoms with Gasteiger partial charge in [-0.2, -0.15) is 8.78 Å². The summed E-state index contributed by atoms with van der Waals surface area (Å²) in [5, 5.41) is 23.1. The van der Waals surface area contributed by atoms with E-state index >= 15 is 0 Å². The van der Waals surface area contributed by atoms with Gasteiger partial charge >= 0.3 is 12.8 Å². The van der Waals surface area contributed by atoms with E-state index in [9.17, 15) is 23.7 Å². The molecule has 2 N–H and O–H groups in total. The lowest BCUT2D eigenvalue weighted by atomic mass is 9.89. The molecule has 1 unspecified atom stereocenters. The summed E-state index contributed by atoms with van der Waals surface area (Å²) in [6, 6.07) is 5.43. The van der Waals surface area contributed by atoms with Crippen LogP contribution in [-0.4, -0.2) is 22.8 Å². The summed E-state index contributed by atoms with van der Waals surface area (Å²) in [6.07, 6.45) is -1.68. The van der Waals surface area contributed by atoms with Crippen molar-refractivity contribution in [3.8, 4) is 5.75 Å². The normalized spacial score (nSPS) is 17.4. The number of benzene rings is 1. The number of nitrogens with zero attached hydrogens (tertiary/aromatic N) is 1. The van der Waals surface area contributed by atoms with Crippen molar-refractivity contribution in [3.05, 3.63) is 62.8 Å². The topological polar surface area (TPSA) is 111 Å². The molecule has 25 heavy (non-hydrogen) atoms. The van der Waals surface area contributed by atoms with Crippen LogP contribution in [0, 0.1) is 10.1 Å². The van der Waals surface area contributed by atoms with Crippen LogP contribution >= 0.6 is 0 Å². The fourth-order valence-electron chi connectivity index (χ4n) is 2.65. The van der Waals surface area contributed by atoms with E-state index in [-0.39, 0.29) is 28.5 Å². The molecule has 1 heterocycles. The van der Waals surface area contributed by atoms with Crippen molar-refractivity contribution in [2.45, 2.75) is 26.4 Å². The van der Waals surface area contributed by atoms with Crippen LogP contribution < -0.4 is 10.1 Å². The highest BCUT2D eigenvalue weighted by Crippen LogP contribution is 2.42. The number of allylic oxidation sites excluding steroid dienone is 2. The minimum absolute atomic E-state index is 0.00838. The molecule has 0 bridgehead atoms. The molecule has 0 spiro atoms. The van der Waals surface area contributed by atoms with Gasteiger partial charge in [-0.15, -0.1) is 0 Å². The number of ether oxygens (including phenoxy) is 2. The molecule has 0 amide bonds. The van der Waals surface area contributed by atoms with Gasteiger partial charge in [-0.25, -0.2) is 4.79 Å². The number of nitro groups is 1. The molecule has 1 aliphatic heterocycles. The summed E-state index contributed by atoms with van der Waals surface area (Å²) >= 11 is 0. The monoisotopic (exact) mass is 356 g/mol. The first kappa shape index (κ1) is 18.2. The Bertz CT molecular complexity index is 775. The molecule has 1 aliphatic rings. The third kappa shape index (κ3) is 3.84. The number of nitrogens with one attached hydrogen (secondary N) is 1. The van der Waals surface area contributed by atoms with Gasteiger partial charge in [-0.05, 0) is 19.9 Å². The highest BCUT2D eigenvalue weighted by molar-refractivity contribution is 5.60. The van der Waals surface area contributed by atoms with Gasteiger partial charge in [-0.3, -0.25) is 10.1 Å². The molecule has 8 nitrogen and oxygen atoms in total. The maximum atomic E-state index is 12.7. The summed E-state index contributed by atoms with van der Waals surface area (Å²) in [5.41, 5.74) is -0.0856. The number of dihydropyridines is 1. The number of hydrogen-bond acceptors (Lipinski definition) is 6. The number of para-hydroxylation sites is 1. The lowest BCUT2D eigenvalue weighted by Gasteiger charge is -2.27. The second kappa shape index (κ2) is 7.16. The Morgan fingerprint density at radius 2 is 1.96 bits per heavy atom. The van der Waals surface area contributed by atoms with E-state index in [0.717, 1.165) is 0 Å². The fraction of sp³-hybridized carbons (Fsp3) is 0.267. The smallest absolute Gasteiger partial charge is 0.449 e. The largest absolute Gasteiger partial charge is 0.511 e. The summed E-state index contributed by atoms with van der Waals surface area (Å²) in [4.78, 5) is 21.8. The van der Waals surface area contributed by atoms with E-state index in [1.165, 1.54) is 38.1 Å². The average molecular weight is 356 g/mol. The SMILES string of the molecule is CC1=C(OC(=O)O)C(c2ccccc2OC(F)F)C([N+](=O)[O-])=C(C)N1. The number of halogens is 2. The zero-order valence-corrected chi connectivity index (χ0v) is 13.2. The second-order valence-corrected chi connectivity index (χ2v) is 5.10. The Labute approximate surface area is 140 Å². The molecule has 2 rings (SSSR count). The zero-order valence-electron chi connectivity index (χ0n) is 13.2. The Morgan fingerprint density at radius 3 is 2.52 bits per heavy atom. The first-order chi connectivity index (χ1) is 11.7. The molecule has 0 aliphatic carbocycles. The molecule has 0 radical (unpaired) electrons. The third-order valence-corrected chi connectivity index (χ3v) is 3.50. The second-order valence-electron chi connectivity index (χ2n) is 5.10. The maximum absolute atomic E-state index is 12.7. The lowest BCUT2D eigenvalue weighted by molar-refractivity contribution is -0.431. The van der Waals surface area contributed by atoms with Gasteiger partial charge in [0.2, 0.25) is 0 Å². The van der Waals surface area contributed by atoms with Crippen molar-refractivity contribution in [3.63, 3.8) is 0 Å². The summed E-state index contributed by atoms with van der Waals surface area (Å²) in [7, 11) is 0. The van der Waals surface area contributed by atoms with Crippen molar-refractivity contribution < 1.29 is 33.1 Å². The molecule has 0 saturated heterocycles. The van der Waals surface area contributed by atoms with Crippen LogP contribution in [0.4, 0.5) is 13.6 Å². The number of alkyl halides is 2. The van der Waals surface area contributed by atoms with Crippen molar-refractivity contribution in [2.24, 2.45) is 0 Å². The molecule has 1 aromatic rings. The van der Waals surface area contributed by atoms with E-state index in [2.05, 4.69) is 10.1 Å². The third-order valence-electron chi connectivity index (χ3n) is 3.50. The van der Waals surface area contributed by atoms with Crippen LogP contribution in [0.2, 0.25) is 0 Å². The highest BCUT2D eigenvalue weighted by atomic mass is 19.3. The van der Waals surface area contributed by atoms with Crippen LogP contribution in [0.5, 0.6) is 5.75 Å². The number of rotatable bonds is 5. The van der Waals surface area contributed by atoms with Gasteiger partial charge in [0.15, 0.2) is 0 Å². The standard InChI is InChI=1S/C15H14F2N2O6/c1-7-12(19(22)23)11(13(8(2)18-7)25-15(20)21)9-5-3-4-6-10(9)24-14(16)17/h3-6,11,14,18H,1-2H3,(H,20,21). The predicted molar refractivity (Wildman–Crippen MR) is 80.5 cm³/mol. The van der Waals surface area contributed by atoms with Crippen LogP contribution in [0.15, 0.2) is 47.1 Å². The lowest BCUT2D eigenvalue weighted by Crippen LogP contribution is -2.30. The number of hydrogen-bond donors (Lipinski definition) is 2. The molecule has 10 heteroatoms. The number of carbonyl (C=O) groups is 1. The Morgan fingerprint density at radius 1 is 1.32 bits per heavy atom. The first-order valence-electron chi connectivity index (χ1n) is 6.99. The molecule has 1 atom stereocenters. The van der Waals surface area contributed by atoms with E-state index in [1.54, 1.807) is 0 Å². The summed E-state index contributed by atoms with van der Waals surface area (Å²) in [6.45, 7) is -0.272. The van der Waals surface area contributed by atoms with Crippen LogP contribution in [0.25, 0.3) is 0 Å². The quantitative estimate of drug-likeness (QED) is 0.472. The molecule has 0 saturated carbocycles. The van der Waals surface area contributed by atoms with Gasteiger partial charge in [0.05, 0.1) is 16.3 Å².